The molecule has 0 aliphatic heterocycles. The van der Waals surface area contributed by atoms with Crippen LogP contribution >= 0.6 is 27.5 Å². The van der Waals surface area contributed by atoms with Gasteiger partial charge in [0.15, 0.2) is 5.75 Å². The molecule has 122 valence electrons. The summed E-state index contributed by atoms with van der Waals surface area (Å²) in [6.07, 6.45) is 0. The number of methoxy groups -OCH3 is 1. The average molecular weight is 420 g/mol. The average Bonchev–Trinajstić information content (AvgIpc) is 2.46. The van der Waals surface area contributed by atoms with E-state index in [4.69, 9.17) is 22.1 Å². The number of primary amides is 1. The smallest absolute Gasteiger partial charge is 0.265 e. The quantitative estimate of drug-likeness (QED) is 0.778. The maximum Gasteiger partial charge on any atom is 0.265 e. The largest absolute Gasteiger partial charge is 0.494 e. The molecule has 0 heterocycles. The van der Waals surface area contributed by atoms with Crippen molar-refractivity contribution >= 4 is 49.1 Å². The lowest BCUT2D eigenvalue weighted by atomic mass is 10.2. The Balaban J connectivity index is 2.55. The zero-order valence-corrected chi connectivity index (χ0v) is 15.0. The number of ether oxygens (including phenoxy) is 1. The zero-order chi connectivity index (χ0) is 17.2. The summed E-state index contributed by atoms with van der Waals surface area (Å²) >= 11 is 9.12. The standard InChI is InChI=1S/C14H12BrClN2O4S/c1-22-13-10(15)6-8(16)7-12(13)23(20,21)18-11-5-3-2-4-9(11)14(17)19/h2-7,18H,1H3,(H2,17,19). The van der Waals surface area contributed by atoms with Gasteiger partial charge in [-0.15, -0.1) is 0 Å². The summed E-state index contributed by atoms with van der Waals surface area (Å²) in [5.41, 5.74) is 5.37. The molecule has 0 saturated heterocycles. The first-order valence-corrected chi connectivity index (χ1v) is 8.86. The van der Waals surface area contributed by atoms with Crippen LogP contribution in [0.4, 0.5) is 5.69 Å². The molecule has 6 nitrogen and oxygen atoms in total. The number of hydrogen-bond acceptors (Lipinski definition) is 4. The number of benzene rings is 2. The van der Waals surface area contributed by atoms with E-state index >= 15 is 0 Å². The topological polar surface area (TPSA) is 98.5 Å². The van der Waals surface area contributed by atoms with Gasteiger partial charge in [-0.05, 0) is 40.2 Å². The Kier molecular flexibility index (Phi) is 5.18. The predicted octanol–water partition coefficient (Wildman–Crippen LogP) is 3.01. The summed E-state index contributed by atoms with van der Waals surface area (Å²) in [5, 5.41) is 0.209. The third kappa shape index (κ3) is 3.77. The molecular weight excluding hydrogens is 408 g/mol. The maximum atomic E-state index is 12.6. The zero-order valence-electron chi connectivity index (χ0n) is 11.8. The van der Waals surface area contributed by atoms with Crippen LogP contribution < -0.4 is 15.2 Å². The lowest BCUT2D eigenvalue weighted by Gasteiger charge is -2.14. The van der Waals surface area contributed by atoms with Crippen molar-refractivity contribution in [1.29, 1.82) is 0 Å². The molecule has 0 spiro atoms. The van der Waals surface area contributed by atoms with Crippen LogP contribution in [-0.4, -0.2) is 21.4 Å². The summed E-state index contributed by atoms with van der Waals surface area (Å²) < 4.78 is 33.1. The highest BCUT2D eigenvalue weighted by Gasteiger charge is 2.24. The fraction of sp³-hybridized carbons (Fsp3) is 0.0714. The van der Waals surface area contributed by atoms with Gasteiger partial charge in [0.1, 0.15) is 4.90 Å². The van der Waals surface area contributed by atoms with Gasteiger partial charge in [0, 0.05) is 5.02 Å². The van der Waals surface area contributed by atoms with E-state index in [2.05, 4.69) is 20.7 Å². The molecule has 2 aromatic rings. The van der Waals surface area contributed by atoms with Gasteiger partial charge in [-0.3, -0.25) is 9.52 Å². The van der Waals surface area contributed by atoms with Crippen LogP contribution in [0.3, 0.4) is 0 Å². The molecule has 1 amide bonds. The Morgan fingerprint density at radius 2 is 1.96 bits per heavy atom. The Hall–Kier alpha value is -1.77. The molecule has 0 bridgehead atoms. The van der Waals surface area contributed by atoms with Gasteiger partial charge in [0.2, 0.25) is 0 Å². The minimum absolute atomic E-state index is 0.0520. The van der Waals surface area contributed by atoms with E-state index in [0.717, 1.165) is 0 Å². The Morgan fingerprint density at radius 3 is 2.57 bits per heavy atom. The summed E-state index contributed by atoms with van der Waals surface area (Å²) in [7, 11) is -2.72. The van der Waals surface area contributed by atoms with Crippen molar-refractivity contribution in [3.05, 3.63) is 51.5 Å². The highest BCUT2D eigenvalue weighted by atomic mass is 79.9. The first kappa shape index (κ1) is 17.6. The number of anilines is 1. The van der Waals surface area contributed by atoms with Gasteiger partial charge in [0.25, 0.3) is 15.9 Å². The van der Waals surface area contributed by atoms with Gasteiger partial charge in [0.05, 0.1) is 22.8 Å². The first-order valence-electron chi connectivity index (χ1n) is 6.21. The van der Waals surface area contributed by atoms with E-state index < -0.39 is 15.9 Å². The fourth-order valence-electron chi connectivity index (χ4n) is 1.92. The van der Waals surface area contributed by atoms with E-state index in [1.165, 1.54) is 31.4 Å². The molecule has 0 aliphatic rings. The lowest BCUT2D eigenvalue weighted by molar-refractivity contribution is 0.100. The van der Waals surface area contributed by atoms with E-state index in [9.17, 15) is 13.2 Å². The van der Waals surface area contributed by atoms with Crippen LogP contribution in [0.25, 0.3) is 0 Å². The number of rotatable bonds is 5. The number of nitrogens with one attached hydrogen (secondary N) is 1. The molecule has 23 heavy (non-hydrogen) atoms. The Bertz CT molecular complexity index is 871. The van der Waals surface area contributed by atoms with Crippen molar-refractivity contribution < 1.29 is 17.9 Å². The molecule has 2 aromatic carbocycles. The van der Waals surface area contributed by atoms with Crippen molar-refractivity contribution in [2.45, 2.75) is 4.90 Å². The van der Waals surface area contributed by atoms with Crippen LogP contribution in [0, 0.1) is 0 Å². The third-order valence-electron chi connectivity index (χ3n) is 2.90. The highest BCUT2D eigenvalue weighted by molar-refractivity contribution is 9.10. The molecule has 0 aliphatic carbocycles. The maximum absolute atomic E-state index is 12.6. The van der Waals surface area contributed by atoms with E-state index in [1.807, 2.05) is 0 Å². The number of carbonyl (C=O) groups excluding carboxylic acids is 1. The number of carbonyl (C=O) groups is 1. The molecule has 0 atom stereocenters. The monoisotopic (exact) mass is 418 g/mol. The second-order valence-corrected chi connectivity index (χ2v) is 7.38. The van der Waals surface area contributed by atoms with Crippen LogP contribution in [0.5, 0.6) is 5.75 Å². The number of amides is 1. The van der Waals surface area contributed by atoms with Crippen molar-refractivity contribution in [3.63, 3.8) is 0 Å². The van der Waals surface area contributed by atoms with Gasteiger partial charge < -0.3 is 10.5 Å². The number of nitrogens with two attached hydrogens (primary N) is 1. The highest BCUT2D eigenvalue weighted by Crippen LogP contribution is 2.36. The Morgan fingerprint density at radius 1 is 1.30 bits per heavy atom. The van der Waals surface area contributed by atoms with E-state index in [0.29, 0.717) is 4.47 Å². The predicted molar refractivity (Wildman–Crippen MR) is 91.5 cm³/mol. The van der Waals surface area contributed by atoms with Crippen molar-refractivity contribution in [2.24, 2.45) is 5.73 Å². The number of hydrogen-bond donors (Lipinski definition) is 2. The minimum atomic E-state index is -4.05. The summed E-state index contributed by atoms with van der Waals surface area (Å²) in [6.45, 7) is 0. The number of sulfonamides is 1. The molecule has 0 radical (unpaired) electrons. The number of para-hydroxylation sites is 1. The van der Waals surface area contributed by atoms with Crippen LogP contribution in [0.2, 0.25) is 5.02 Å². The van der Waals surface area contributed by atoms with Crippen LogP contribution in [-0.2, 0) is 10.0 Å². The molecule has 0 aromatic heterocycles. The molecule has 0 saturated carbocycles. The SMILES string of the molecule is COc1c(Br)cc(Cl)cc1S(=O)(=O)Nc1ccccc1C(N)=O. The Labute approximate surface area is 146 Å². The van der Waals surface area contributed by atoms with Crippen molar-refractivity contribution in [3.8, 4) is 5.75 Å². The molecule has 3 N–H and O–H groups in total. The second kappa shape index (κ2) is 6.77. The summed E-state index contributed by atoms with van der Waals surface area (Å²) in [6, 6.07) is 8.77. The molecular formula is C14H12BrClN2O4S. The van der Waals surface area contributed by atoms with E-state index in [1.54, 1.807) is 12.1 Å². The second-order valence-electron chi connectivity index (χ2n) is 4.43. The molecule has 9 heteroatoms. The summed E-state index contributed by atoms with van der Waals surface area (Å²) in [4.78, 5) is 11.2. The van der Waals surface area contributed by atoms with Crippen molar-refractivity contribution in [1.82, 2.24) is 0 Å². The number of halogens is 2. The normalized spacial score (nSPS) is 11.1. The van der Waals surface area contributed by atoms with Crippen LogP contribution in [0.15, 0.2) is 45.8 Å². The van der Waals surface area contributed by atoms with Crippen LogP contribution in [0.1, 0.15) is 10.4 Å². The lowest BCUT2D eigenvalue weighted by Crippen LogP contribution is -2.19. The molecule has 0 fully saturated rings. The molecule has 2 rings (SSSR count). The van der Waals surface area contributed by atoms with Gasteiger partial charge in [-0.2, -0.15) is 0 Å². The van der Waals surface area contributed by atoms with Gasteiger partial charge in [-0.25, -0.2) is 8.42 Å². The van der Waals surface area contributed by atoms with Gasteiger partial charge >= 0.3 is 0 Å². The summed E-state index contributed by atoms with van der Waals surface area (Å²) in [5.74, 6) is -0.652. The van der Waals surface area contributed by atoms with E-state index in [-0.39, 0.29) is 26.9 Å². The van der Waals surface area contributed by atoms with Crippen molar-refractivity contribution in [2.75, 3.05) is 11.8 Å². The third-order valence-corrected chi connectivity index (χ3v) is 5.08. The van der Waals surface area contributed by atoms with Gasteiger partial charge in [-0.1, -0.05) is 23.7 Å². The minimum Gasteiger partial charge on any atom is -0.494 e. The fourth-order valence-corrected chi connectivity index (χ4v) is 4.39. The molecule has 0 unspecified atom stereocenters. The first-order chi connectivity index (χ1) is 10.8.